The van der Waals surface area contributed by atoms with Crippen molar-refractivity contribution in [1.29, 1.82) is 0 Å². The molecular weight excluding hydrogens is 248 g/mol. The highest BCUT2D eigenvalue weighted by molar-refractivity contribution is 7.98. The van der Waals surface area contributed by atoms with Crippen LogP contribution in [0.25, 0.3) is 22.1 Å². The summed E-state index contributed by atoms with van der Waals surface area (Å²) < 4.78 is 7.52. The standard InChI is InChI=1S/C13H11N2O2S/c1-15-11-8(4-3-5-9(11)7-16)6-10-12(15)14-13(17-10)18-2/h3-7H,1-2H3/q+1. The molecule has 0 amide bonds. The van der Waals surface area contributed by atoms with Gasteiger partial charge < -0.3 is 4.42 Å². The second-order valence-electron chi connectivity index (χ2n) is 3.98. The lowest BCUT2D eigenvalue weighted by molar-refractivity contribution is -0.619. The molecule has 0 fully saturated rings. The number of hydrogen-bond donors (Lipinski definition) is 0. The number of oxazole rings is 1. The Hall–Kier alpha value is -1.88. The van der Waals surface area contributed by atoms with E-state index in [1.165, 1.54) is 11.8 Å². The molecule has 0 spiro atoms. The van der Waals surface area contributed by atoms with Gasteiger partial charge in [-0.1, -0.05) is 12.1 Å². The number of aryl methyl sites for hydroxylation is 1. The molecular formula is C13H11N2O2S+. The number of hydrogen-bond acceptors (Lipinski definition) is 4. The van der Waals surface area contributed by atoms with E-state index in [2.05, 4.69) is 4.98 Å². The number of carbonyl (C=O) groups excluding carboxylic acids is 1. The molecule has 2 heterocycles. The van der Waals surface area contributed by atoms with Crippen LogP contribution in [0.5, 0.6) is 0 Å². The molecule has 0 bridgehead atoms. The van der Waals surface area contributed by atoms with Gasteiger partial charge in [0.2, 0.25) is 5.58 Å². The summed E-state index contributed by atoms with van der Waals surface area (Å²) in [4.78, 5) is 15.5. The Bertz CT molecular complexity index is 764. The molecule has 18 heavy (non-hydrogen) atoms. The van der Waals surface area contributed by atoms with E-state index in [1.54, 1.807) is 6.07 Å². The normalized spacial score (nSPS) is 11.2. The van der Waals surface area contributed by atoms with Crippen molar-refractivity contribution in [2.75, 3.05) is 6.26 Å². The number of nitrogens with zero attached hydrogens (tertiary/aromatic N) is 2. The average Bonchev–Trinajstić information content (AvgIpc) is 2.81. The molecule has 0 aliphatic carbocycles. The maximum absolute atomic E-state index is 11.1. The Morgan fingerprint density at radius 3 is 3.00 bits per heavy atom. The van der Waals surface area contributed by atoms with Gasteiger partial charge in [0.25, 0.3) is 0 Å². The van der Waals surface area contributed by atoms with E-state index in [1.807, 2.05) is 36.1 Å². The van der Waals surface area contributed by atoms with Crippen molar-refractivity contribution in [3.8, 4) is 0 Å². The minimum absolute atomic E-state index is 0.628. The van der Waals surface area contributed by atoms with Crippen LogP contribution in [0.3, 0.4) is 0 Å². The number of aromatic nitrogens is 2. The van der Waals surface area contributed by atoms with Crippen molar-refractivity contribution in [3.63, 3.8) is 0 Å². The first-order chi connectivity index (χ1) is 8.74. The van der Waals surface area contributed by atoms with Gasteiger partial charge in [0.15, 0.2) is 6.29 Å². The Labute approximate surface area is 108 Å². The Morgan fingerprint density at radius 2 is 2.28 bits per heavy atom. The summed E-state index contributed by atoms with van der Waals surface area (Å²) in [5.41, 5.74) is 3.02. The van der Waals surface area contributed by atoms with E-state index < -0.39 is 0 Å². The summed E-state index contributed by atoms with van der Waals surface area (Å²) >= 11 is 1.46. The van der Waals surface area contributed by atoms with Gasteiger partial charge in [0, 0.05) is 16.4 Å². The minimum Gasteiger partial charge on any atom is -0.406 e. The summed E-state index contributed by atoms with van der Waals surface area (Å²) in [6.45, 7) is 0. The van der Waals surface area contributed by atoms with Crippen LogP contribution in [0, 0.1) is 0 Å². The zero-order chi connectivity index (χ0) is 12.7. The molecule has 0 radical (unpaired) electrons. The van der Waals surface area contributed by atoms with Crippen molar-refractivity contribution < 1.29 is 13.8 Å². The van der Waals surface area contributed by atoms with Crippen LogP contribution < -0.4 is 4.57 Å². The van der Waals surface area contributed by atoms with Crippen LogP contribution in [-0.2, 0) is 7.05 Å². The third kappa shape index (κ3) is 1.51. The first kappa shape index (κ1) is 11.2. The maximum Gasteiger partial charge on any atom is 0.371 e. The Balaban J connectivity index is 2.50. The second-order valence-corrected chi connectivity index (χ2v) is 4.74. The molecule has 0 unspecified atom stereocenters. The van der Waals surface area contributed by atoms with Crippen molar-refractivity contribution in [2.45, 2.75) is 5.22 Å². The van der Waals surface area contributed by atoms with Crippen LogP contribution in [0.2, 0.25) is 0 Å². The summed E-state index contributed by atoms with van der Waals surface area (Å²) in [6.07, 6.45) is 2.78. The molecule has 0 atom stereocenters. The van der Waals surface area contributed by atoms with Gasteiger partial charge in [0.1, 0.15) is 5.52 Å². The van der Waals surface area contributed by atoms with Crippen molar-refractivity contribution in [3.05, 3.63) is 29.8 Å². The van der Waals surface area contributed by atoms with E-state index in [-0.39, 0.29) is 0 Å². The monoisotopic (exact) mass is 259 g/mol. The lowest BCUT2D eigenvalue weighted by atomic mass is 10.1. The van der Waals surface area contributed by atoms with Crippen LogP contribution >= 0.6 is 11.8 Å². The van der Waals surface area contributed by atoms with Gasteiger partial charge in [0.05, 0.1) is 12.6 Å². The van der Waals surface area contributed by atoms with Gasteiger partial charge in [-0.15, -0.1) is 0 Å². The summed E-state index contributed by atoms with van der Waals surface area (Å²) in [5, 5.41) is 1.60. The first-order valence-corrected chi connectivity index (χ1v) is 6.68. The maximum atomic E-state index is 11.1. The van der Waals surface area contributed by atoms with E-state index in [9.17, 15) is 4.79 Å². The Kier molecular flexibility index (Phi) is 2.56. The number of para-hydroxylation sites is 1. The third-order valence-electron chi connectivity index (χ3n) is 2.95. The zero-order valence-electron chi connectivity index (χ0n) is 10.0. The molecule has 0 N–H and O–H groups in total. The van der Waals surface area contributed by atoms with E-state index in [0.29, 0.717) is 10.8 Å². The number of fused-ring (bicyclic) bond motifs is 2. The molecule has 0 saturated carbocycles. The molecule has 0 aliphatic rings. The summed E-state index contributed by atoms with van der Waals surface area (Å²) in [7, 11) is 1.89. The lowest BCUT2D eigenvalue weighted by Crippen LogP contribution is -2.31. The van der Waals surface area contributed by atoms with Crippen LogP contribution in [0.1, 0.15) is 10.4 Å². The predicted molar refractivity (Wildman–Crippen MR) is 69.9 cm³/mol. The van der Waals surface area contributed by atoms with Gasteiger partial charge in [-0.25, -0.2) is 4.57 Å². The number of rotatable bonds is 2. The molecule has 0 aliphatic heterocycles. The molecule has 4 nitrogen and oxygen atoms in total. The molecule has 90 valence electrons. The number of carbonyl (C=O) groups is 1. The topological polar surface area (TPSA) is 47.0 Å². The van der Waals surface area contributed by atoms with E-state index in [0.717, 1.165) is 28.4 Å². The first-order valence-electron chi connectivity index (χ1n) is 5.46. The van der Waals surface area contributed by atoms with Crippen molar-refractivity contribution in [1.82, 2.24) is 4.98 Å². The minimum atomic E-state index is 0.628. The summed E-state index contributed by atoms with van der Waals surface area (Å²) in [6, 6.07) is 7.55. The molecule has 0 saturated heterocycles. The fraction of sp³-hybridized carbons (Fsp3) is 0.154. The fourth-order valence-electron chi connectivity index (χ4n) is 2.15. The van der Waals surface area contributed by atoms with Crippen LogP contribution in [-0.4, -0.2) is 17.5 Å². The number of pyridine rings is 1. The average molecular weight is 259 g/mol. The molecule has 1 aromatic carbocycles. The molecule has 3 rings (SSSR count). The van der Waals surface area contributed by atoms with Gasteiger partial charge in [-0.05, 0) is 24.1 Å². The third-order valence-corrected chi connectivity index (χ3v) is 3.48. The van der Waals surface area contributed by atoms with Gasteiger partial charge >= 0.3 is 10.9 Å². The quantitative estimate of drug-likeness (QED) is 0.402. The van der Waals surface area contributed by atoms with Gasteiger partial charge in [-0.3, -0.25) is 4.79 Å². The molecule has 2 aromatic heterocycles. The SMILES string of the molecule is CSc1nc2c(cc3cccc(C=O)c3[n+]2C)o1. The molecule has 3 aromatic rings. The smallest absolute Gasteiger partial charge is 0.371 e. The molecule has 5 heteroatoms. The highest BCUT2D eigenvalue weighted by atomic mass is 32.2. The van der Waals surface area contributed by atoms with Crippen molar-refractivity contribution in [2.24, 2.45) is 7.05 Å². The van der Waals surface area contributed by atoms with E-state index >= 15 is 0 Å². The largest absolute Gasteiger partial charge is 0.406 e. The van der Waals surface area contributed by atoms with E-state index in [4.69, 9.17) is 4.42 Å². The Morgan fingerprint density at radius 1 is 1.44 bits per heavy atom. The summed E-state index contributed by atoms with van der Waals surface area (Å²) in [5.74, 6) is 0. The highest BCUT2D eigenvalue weighted by Gasteiger charge is 2.20. The van der Waals surface area contributed by atoms with Crippen LogP contribution in [0.4, 0.5) is 0 Å². The zero-order valence-corrected chi connectivity index (χ0v) is 10.8. The second kappa shape index (κ2) is 4.10. The fourth-order valence-corrected chi connectivity index (χ4v) is 2.50. The van der Waals surface area contributed by atoms with Crippen LogP contribution in [0.15, 0.2) is 33.9 Å². The van der Waals surface area contributed by atoms with Crippen molar-refractivity contribution >= 4 is 40.2 Å². The number of aldehydes is 1. The number of thioether (sulfide) groups is 1. The number of benzene rings is 1. The predicted octanol–water partition coefficient (Wildman–Crippen LogP) is 2.34. The van der Waals surface area contributed by atoms with Gasteiger partial charge in [-0.2, -0.15) is 0 Å². The highest BCUT2D eigenvalue weighted by Crippen LogP contribution is 2.23. The lowest BCUT2D eigenvalue weighted by Gasteiger charge is -2.01.